The van der Waals surface area contributed by atoms with Crippen LogP contribution in [0.2, 0.25) is 0 Å². The van der Waals surface area contributed by atoms with E-state index in [1.807, 2.05) is 0 Å². The Bertz CT molecular complexity index is 210. The lowest BCUT2D eigenvalue weighted by Crippen LogP contribution is -2.05. The van der Waals surface area contributed by atoms with Gasteiger partial charge in [-0.1, -0.05) is 0 Å². The van der Waals surface area contributed by atoms with Crippen molar-refractivity contribution in [3.05, 3.63) is 11.6 Å². The number of aryl methyl sites for hydroxylation is 1. The first-order valence-electron chi connectivity index (χ1n) is 3.34. The van der Waals surface area contributed by atoms with Crippen LogP contribution in [-0.4, -0.2) is 34.1 Å². The zero-order chi connectivity index (χ0) is 8.10. The van der Waals surface area contributed by atoms with Crippen LogP contribution < -0.4 is 0 Å². The van der Waals surface area contributed by atoms with Crippen molar-refractivity contribution in [1.82, 2.24) is 20.4 Å². The summed E-state index contributed by atoms with van der Waals surface area (Å²) in [5.74, 6) is 1.21. The summed E-state index contributed by atoms with van der Waals surface area (Å²) in [5, 5.41) is 15.1. The van der Waals surface area contributed by atoms with Crippen molar-refractivity contribution in [2.75, 3.05) is 13.7 Å². The van der Waals surface area contributed by atoms with Gasteiger partial charge >= 0.3 is 0 Å². The molecule has 0 amide bonds. The zero-order valence-electron chi connectivity index (χ0n) is 6.61. The molecule has 1 rings (SSSR count). The molecule has 60 valence electrons. The normalized spacial score (nSPS) is 10.0. The summed E-state index contributed by atoms with van der Waals surface area (Å²) in [6, 6.07) is 0. The molecule has 5 heteroatoms. The van der Waals surface area contributed by atoms with Crippen LogP contribution in [0.4, 0.5) is 0 Å². The molecule has 1 aromatic rings. The van der Waals surface area contributed by atoms with Crippen LogP contribution in [0.25, 0.3) is 0 Å². The highest BCUT2D eigenvalue weighted by Gasteiger charge is 1.96. The second kappa shape index (κ2) is 3.92. The Hall–Kier alpha value is -1.10. The number of rotatable bonds is 3. The molecule has 1 aromatic heterocycles. The van der Waals surface area contributed by atoms with Gasteiger partial charge in [-0.15, -0.1) is 20.4 Å². The van der Waals surface area contributed by atoms with Gasteiger partial charge in [-0.05, 0) is 6.92 Å². The molecule has 0 aliphatic carbocycles. The lowest BCUT2D eigenvalue weighted by Gasteiger charge is -1.95. The summed E-state index contributed by atoms with van der Waals surface area (Å²) in [7, 11) is 1.63. The third kappa shape index (κ3) is 2.55. The molecule has 0 fully saturated rings. The summed E-state index contributed by atoms with van der Waals surface area (Å²) in [5.41, 5.74) is 0. The van der Waals surface area contributed by atoms with E-state index >= 15 is 0 Å². The first kappa shape index (κ1) is 8.00. The van der Waals surface area contributed by atoms with Crippen molar-refractivity contribution in [3.63, 3.8) is 0 Å². The topological polar surface area (TPSA) is 60.8 Å². The van der Waals surface area contributed by atoms with Crippen molar-refractivity contribution in [3.8, 4) is 0 Å². The highest BCUT2D eigenvalue weighted by molar-refractivity contribution is 4.79. The molecule has 0 aliphatic rings. The van der Waals surface area contributed by atoms with E-state index in [2.05, 4.69) is 20.4 Å². The zero-order valence-corrected chi connectivity index (χ0v) is 6.61. The Morgan fingerprint density at radius 2 is 1.82 bits per heavy atom. The molecule has 0 N–H and O–H groups in total. The maximum atomic E-state index is 4.84. The van der Waals surface area contributed by atoms with E-state index in [1.165, 1.54) is 0 Å². The minimum absolute atomic E-state index is 0.589. The summed E-state index contributed by atoms with van der Waals surface area (Å²) < 4.78 is 4.84. The molecule has 0 atom stereocenters. The average Bonchev–Trinajstić information content (AvgIpc) is 2.04. The van der Waals surface area contributed by atoms with E-state index in [-0.39, 0.29) is 0 Å². The van der Waals surface area contributed by atoms with Crippen molar-refractivity contribution in [2.24, 2.45) is 0 Å². The minimum atomic E-state index is 0.589. The second-order valence-electron chi connectivity index (χ2n) is 2.11. The van der Waals surface area contributed by atoms with Crippen LogP contribution >= 0.6 is 0 Å². The van der Waals surface area contributed by atoms with E-state index in [4.69, 9.17) is 4.74 Å². The average molecular weight is 154 g/mol. The Labute approximate surface area is 64.8 Å². The monoisotopic (exact) mass is 154 g/mol. The van der Waals surface area contributed by atoms with Crippen molar-refractivity contribution >= 4 is 0 Å². The van der Waals surface area contributed by atoms with Gasteiger partial charge < -0.3 is 4.74 Å². The third-order valence-corrected chi connectivity index (χ3v) is 1.15. The molecule has 1 heterocycles. The summed E-state index contributed by atoms with van der Waals surface area (Å²) in [6.45, 7) is 2.35. The van der Waals surface area contributed by atoms with Gasteiger partial charge in [0.15, 0.2) is 11.6 Å². The van der Waals surface area contributed by atoms with Crippen molar-refractivity contribution < 1.29 is 4.74 Å². The van der Waals surface area contributed by atoms with E-state index < -0.39 is 0 Å². The Morgan fingerprint density at radius 1 is 1.18 bits per heavy atom. The molecule has 11 heavy (non-hydrogen) atoms. The molecular formula is C6H10N4O. The molecule has 0 radical (unpaired) electrons. The molecule has 0 aliphatic heterocycles. The third-order valence-electron chi connectivity index (χ3n) is 1.15. The highest BCUT2D eigenvalue weighted by Crippen LogP contribution is 1.86. The number of aromatic nitrogens is 4. The lowest BCUT2D eigenvalue weighted by atomic mass is 10.4. The number of hydrogen-bond donors (Lipinski definition) is 0. The van der Waals surface area contributed by atoms with Gasteiger partial charge in [-0.3, -0.25) is 0 Å². The van der Waals surface area contributed by atoms with E-state index in [0.29, 0.717) is 24.7 Å². The first-order valence-corrected chi connectivity index (χ1v) is 3.34. The highest BCUT2D eigenvalue weighted by atomic mass is 16.5. The number of ether oxygens (including phenoxy) is 1. The van der Waals surface area contributed by atoms with E-state index in [0.717, 1.165) is 0 Å². The van der Waals surface area contributed by atoms with Gasteiger partial charge in [0.05, 0.1) is 6.61 Å². The van der Waals surface area contributed by atoms with Crippen molar-refractivity contribution in [1.29, 1.82) is 0 Å². The predicted octanol–water partition coefficient (Wildman–Crippen LogP) is -0.236. The standard InChI is InChI=1S/C6H10N4O/c1-5-7-9-6(10-8-5)3-4-11-2/h3-4H2,1-2H3. The van der Waals surface area contributed by atoms with Gasteiger partial charge in [0.2, 0.25) is 0 Å². The first-order chi connectivity index (χ1) is 5.33. The Kier molecular flexibility index (Phi) is 2.85. The number of nitrogens with zero attached hydrogens (tertiary/aromatic N) is 4. The van der Waals surface area contributed by atoms with Gasteiger partial charge in [-0.25, -0.2) is 0 Å². The minimum Gasteiger partial charge on any atom is -0.384 e. The summed E-state index contributed by atoms with van der Waals surface area (Å²) in [4.78, 5) is 0. The van der Waals surface area contributed by atoms with Gasteiger partial charge in [0.1, 0.15) is 0 Å². The molecule has 0 saturated carbocycles. The van der Waals surface area contributed by atoms with Crippen molar-refractivity contribution in [2.45, 2.75) is 13.3 Å². The Balaban J connectivity index is 2.52. The van der Waals surface area contributed by atoms with Gasteiger partial charge in [-0.2, -0.15) is 0 Å². The molecule has 0 aromatic carbocycles. The summed E-state index contributed by atoms with van der Waals surface area (Å²) >= 11 is 0. The Morgan fingerprint density at radius 3 is 2.36 bits per heavy atom. The maximum Gasteiger partial charge on any atom is 0.175 e. The van der Waals surface area contributed by atoms with Gasteiger partial charge in [0.25, 0.3) is 0 Å². The molecule has 5 nitrogen and oxygen atoms in total. The number of hydrogen-bond acceptors (Lipinski definition) is 5. The molecular weight excluding hydrogens is 144 g/mol. The predicted molar refractivity (Wildman–Crippen MR) is 37.9 cm³/mol. The van der Waals surface area contributed by atoms with Gasteiger partial charge in [0, 0.05) is 13.5 Å². The lowest BCUT2D eigenvalue weighted by molar-refractivity contribution is 0.200. The quantitative estimate of drug-likeness (QED) is 0.601. The van der Waals surface area contributed by atoms with Crippen LogP contribution in [0.3, 0.4) is 0 Å². The molecule has 0 unspecified atom stereocenters. The SMILES string of the molecule is COCCc1nnc(C)nn1. The smallest absolute Gasteiger partial charge is 0.175 e. The fraction of sp³-hybridized carbons (Fsp3) is 0.667. The van der Waals surface area contributed by atoms with E-state index in [9.17, 15) is 0 Å². The maximum absolute atomic E-state index is 4.84. The fourth-order valence-electron chi connectivity index (χ4n) is 0.594. The number of methoxy groups -OCH3 is 1. The second-order valence-corrected chi connectivity index (χ2v) is 2.11. The summed E-state index contributed by atoms with van der Waals surface area (Å²) in [6.07, 6.45) is 0.663. The van der Waals surface area contributed by atoms with Crippen LogP contribution in [-0.2, 0) is 11.2 Å². The largest absolute Gasteiger partial charge is 0.384 e. The van der Waals surface area contributed by atoms with Crippen LogP contribution in [0.5, 0.6) is 0 Å². The molecule has 0 saturated heterocycles. The molecule has 0 spiro atoms. The van der Waals surface area contributed by atoms with E-state index in [1.54, 1.807) is 14.0 Å². The fourth-order valence-corrected chi connectivity index (χ4v) is 0.594. The van der Waals surface area contributed by atoms with Crippen LogP contribution in [0.15, 0.2) is 0 Å². The van der Waals surface area contributed by atoms with Crippen LogP contribution in [0, 0.1) is 6.92 Å². The molecule has 0 bridgehead atoms. The van der Waals surface area contributed by atoms with Crippen LogP contribution in [0.1, 0.15) is 11.6 Å².